The first-order valence-corrected chi connectivity index (χ1v) is 1.50. The molecule has 2 unspecified atom stereocenters. The van der Waals surface area contributed by atoms with E-state index in [9.17, 15) is 5.11 Å². The molecule has 0 saturated carbocycles. The second-order valence-corrected chi connectivity index (χ2v) is 1.01. The number of likely N-dealkylation sites (N-methyl/N-ethyl adjacent to an activating group) is 1. The molecule has 2 heteroatoms. The fourth-order valence-corrected chi connectivity index (χ4v) is 0.0913. The lowest BCUT2D eigenvalue weighted by Crippen LogP contribution is -2.39. The van der Waals surface area contributed by atoms with Crippen LogP contribution in [-0.4, -0.2) is 38.5 Å². The summed E-state index contributed by atoms with van der Waals surface area (Å²) in [6, 6.07) is 0. The van der Waals surface area contributed by atoms with Crippen molar-refractivity contribution in [2.24, 2.45) is 0 Å². The highest BCUT2D eigenvalue weighted by Crippen LogP contribution is 1.83. The summed E-state index contributed by atoms with van der Waals surface area (Å²) in [6.45, 7) is -16.4. The van der Waals surface area contributed by atoms with Crippen molar-refractivity contribution in [1.82, 2.24) is 0 Å². The van der Waals surface area contributed by atoms with Gasteiger partial charge >= 0.3 is 0 Å². The van der Waals surface area contributed by atoms with E-state index in [4.69, 9.17) is 15.1 Å². The van der Waals surface area contributed by atoms with Crippen LogP contribution < -0.4 is 5.11 Å². The smallest absolute Gasteiger partial charge is 0.0909 e. The summed E-state index contributed by atoms with van der Waals surface area (Å²) in [7, 11) is 0. The average Bonchev–Trinajstić information content (AvgIpc) is 1.94. The molecule has 0 aromatic heterocycles. The highest BCUT2D eigenvalue weighted by molar-refractivity contribution is 4.17. The van der Waals surface area contributed by atoms with Gasteiger partial charge in [-0.3, -0.25) is 0 Å². The highest BCUT2D eigenvalue weighted by Gasteiger charge is 1.99. The Kier molecular flexibility index (Phi) is 0.276. The van der Waals surface area contributed by atoms with Crippen molar-refractivity contribution < 1.29 is 24.7 Å². The van der Waals surface area contributed by atoms with Crippen LogP contribution in [0, 0.1) is 0 Å². The Bertz CT molecular complexity index is 251. The van der Waals surface area contributed by atoms with Gasteiger partial charge in [-0.15, -0.1) is 0 Å². The van der Waals surface area contributed by atoms with E-state index in [1.165, 1.54) is 0 Å². The molecule has 0 amide bonds. The fourth-order valence-electron chi connectivity index (χ4n) is 0.0913. The Morgan fingerprint density at radius 2 is 2.29 bits per heavy atom. The third-order valence-electron chi connectivity index (χ3n) is 0.284. The van der Waals surface area contributed by atoms with Gasteiger partial charge in [0, 0.05) is 1.37 Å². The number of nitrogens with zero attached hydrogens (tertiary/aromatic N) is 1. The van der Waals surface area contributed by atoms with Crippen molar-refractivity contribution in [2.75, 3.05) is 34.0 Å². The summed E-state index contributed by atoms with van der Waals surface area (Å²) < 4.78 is 75.4. The minimum absolute atomic E-state index is 2.70. The third kappa shape index (κ3) is 5.92. The van der Waals surface area contributed by atoms with E-state index in [0.717, 1.165) is 0 Å². The largest absolute Gasteiger partial charge is 0.850 e. The third-order valence-corrected chi connectivity index (χ3v) is 0.284. The number of rotatable bonds is 2. The normalized spacial score (nSPS) is 49.6. The van der Waals surface area contributed by atoms with E-state index in [0.29, 0.717) is 0 Å². The molecule has 0 rings (SSSR count). The number of quaternary nitrogens is 1. The predicted octanol–water partition coefficient (Wildman–Crippen LogP) is -0.947. The Hall–Kier alpha value is -0.0800. The van der Waals surface area contributed by atoms with Crippen molar-refractivity contribution >= 4 is 0 Å². The maximum Gasteiger partial charge on any atom is 0.0909 e. The van der Waals surface area contributed by atoms with E-state index >= 15 is 0 Å². The monoisotopic (exact) mass is 115 g/mol. The van der Waals surface area contributed by atoms with Gasteiger partial charge in [0.15, 0.2) is 0 Å². The molecular formula is C5H13NO. The topological polar surface area (TPSA) is 23.1 Å². The molecule has 0 heterocycles. The van der Waals surface area contributed by atoms with Crippen molar-refractivity contribution in [3.05, 3.63) is 0 Å². The van der Waals surface area contributed by atoms with E-state index < -0.39 is 38.5 Å². The lowest BCUT2D eigenvalue weighted by molar-refractivity contribution is -0.875. The van der Waals surface area contributed by atoms with Gasteiger partial charge in [0.05, 0.1) is 41.2 Å². The maximum atomic E-state index is 10.9. The van der Waals surface area contributed by atoms with Gasteiger partial charge in [-0.2, -0.15) is 0 Å². The van der Waals surface area contributed by atoms with Gasteiger partial charge < -0.3 is 9.59 Å². The van der Waals surface area contributed by atoms with Crippen LogP contribution in [0.2, 0.25) is 0 Å². The molecule has 0 aliphatic carbocycles. The lowest BCUT2D eigenvalue weighted by Gasteiger charge is -2.25. The Morgan fingerprint density at radius 1 is 1.71 bits per heavy atom. The molecule has 0 bridgehead atoms. The zero-order valence-electron chi connectivity index (χ0n) is 14.5. The second-order valence-electron chi connectivity index (χ2n) is 1.01. The summed E-state index contributed by atoms with van der Waals surface area (Å²) in [5, 5.41) is 10.9. The molecule has 0 aliphatic rings. The fraction of sp³-hybridized carbons (Fsp3) is 1.00. The highest BCUT2D eigenvalue weighted by atomic mass is 16.3. The van der Waals surface area contributed by atoms with Gasteiger partial charge in [0.1, 0.15) is 0 Å². The van der Waals surface area contributed by atoms with E-state index in [2.05, 4.69) is 0 Å². The molecule has 0 aromatic carbocycles. The molecule has 0 fully saturated rings. The van der Waals surface area contributed by atoms with Crippen LogP contribution in [0.15, 0.2) is 0 Å². The molecule has 0 saturated heterocycles. The van der Waals surface area contributed by atoms with E-state index in [1.54, 1.807) is 0 Å². The molecule has 0 N–H and O–H groups in total. The Balaban J connectivity index is 6.27. The second kappa shape index (κ2) is 2.28. The van der Waals surface area contributed by atoms with Crippen molar-refractivity contribution in [3.8, 4) is 0 Å². The summed E-state index contributed by atoms with van der Waals surface area (Å²) in [5.74, 6) is 0. The van der Waals surface area contributed by atoms with Gasteiger partial charge in [-0.1, -0.05) is 6.58 Å². The predicted molar refractivity (Wildman–Crippen MR) is 27.8 cm³/mol. The summed E-state index contributed by atoms with van der Waals surface area (Å²) in [5.41, 5.74) is 0. The van der Waals surface area contributed by atoms with Crippen LogP contribution in [0.4, 0.5) is 0 Å². The van der Waals surface area contributed by atoms with Crippen molar-refractivity contribution in [1.29, 1.82) is 0 Å². The van der Waals surface area contributed by atoms with Crippen molar-refractivity contribution in [2.45, 2.75) is 0 Å². The number of hydrogen-bond donors (Lipinski definition) is 0. The molecular weight excluding hydrogens is 91.1 g/mol. The standard InChI is InChI=1S/C5H13NO/c1-6(2,3)4-5-7/h4-5H2,1-3H3/i1D3,2D3,3D3,4+1D,5D. The van der Waals surface area contributed by atoms with Crippen LogP contribution >= 0.6 is 0 Å². The minimum atomic E-state index is -3.66. The van der Waals surface area contributed by atoms with Crippen LogP contribution in [0.3, 0.4) is 0 Å². The van der Waals surface area contributed by atoms with E-state index in [1.807, 2.05) is 0 Å². The van der Waals surface area contributed by atoms with Crippen LogP contribution in [-0.2, 0) is 0 Å². The Morgan fingerprint density at radius 3 is 2.43 bits per heavy atom. The van der Waals surface area contributed by atoms with Gasteiger partial charge in [0.25, 0.3) is 0 Å². The zero-order valence-corrected chi connectivity index (χ0v) is 3.51. The first kappa shape index (κ1) is 0.847. The van der Waals surface area contributed by atoms with Crippen molar-refractivity contribution in [3.63, 3.8) is 0 Å². The molecule has 44 valence electrons. The SMILES string of the molecule is [2H]C([O-])[13CH]([2H])[N+](C([2H])([2H])[2H])(C([2H])([2H])[2H])C([2H])([2H])[2H]. The quantitative estimate of drug-likeness (QED) is 0.336. The molecule has 7 heavy (non-hydrogen) atoms. The summed E-state index contributed by atoms with van der Waals surface area (Å²) >= 11 is 0. The van der Waals surface area contributed by atoms with Gasteiger partial charge in [-0.05, 0) is 0 Å². The van der Waals surface area contributed by atoms with Gasteiger partial charge in [0.2, 0.25) is 0 Å². The minimum Gasteiger partial charge on any atom is -0.850 e. The molecule has 0 aromatic rings. The van der Waals surface area contributed by atoms with Gasteiger partial charge in [-0.25, -0.2) is 0 Å². The first-order chi connectivity index (χ1) is 7.60. The average molecular weight is 115 g/mol. The molecule has 0 spiro atoms. The van der Waals surface area contributed by atoms with Crippen LogP contribution in [0.5, 0.6) is 0 Å². The molecule has 0 radical (unpaired) electrons. The summed E-state index contributed by atoms with van der Waals surface area (Å²) in [4.78, 5) is 0. The molecule has 2 atom stereocenters. The molecule has 2 nitrogen and oxygen atoms in total. The number of hydrogen-bond acceptors (Lipinski definition) is 1. The lowest BCUT2D eigenvalue weighted by atomic mass is 10.8. The van der Waals surface area contributed by atoms with Crippen LogP contribution in [0.25, 0.3) is 0 Å². The first-order valence-electron chi connectivity index (χ1n) is 7.15. The molecule has 0 aliphatic heterocycles. The summed E-state index contributed by atoms with van der Waals surface area (Å²) in [6.07, 6.45) is 0. The Labute approximate surface area is 60.4 Å². The zero-order chi connectivity index (χ0) is 15.2. The van der Waals surface area contributed by atoms with Crippen LogP contribution in [0.1, 0.15) is 15.1 Å². The van der Waals surface area contributed by atoms with E-state index in [-0.39, 0.29) is 0 Å². The maximum absolute atomic E-state index is 10.9.